The molecule has 5 rings (SSSR count). The fourth-order valence-corrected chi connectivity index (χ4v) is 5.27. The lowest BCUT2D eigenvalue weighted by Crippen LogP contribution is -2.52. The molecule has 2 atom stereocenters. The van der Waals surface area contributed by atoms with Gasteiger partial charge in [0, 0.05) is 51.0 Å². The molecule has 2 fully saturated rings. The first-order valence-electron chi connectivity index (χ1n) is 10.7. The number of carbonyl (C=O) groups is 2. The van der Waals surface area contributed by atoms with Gasteiger partial charge in [0.05, 0.1) is 17.2 Å². The summed E-state index contributed by atoms with van der Waals surface area (Å²) in [4.78, 5) is 30.9. The third-order valence-electron chi connectivity index (χ3n) is 6.79. The highest BCUT2D eigenvalue weighted by Crippen LogP contribution is 2.49. The van der Waals surface area contributed by atoms with Crippen LogP contribution in [-0.4, -0.2) is 51.0 Å². The number of hydrogen-bond donors (Lipinski definition) is 0. The number of amides is 2. The van der Waals surface area contributed by atoms with Crippen molar-refractivity contribution in [1.29, 1.82) is 0 Å². The highest BCUT2D eigenvalue weighted by molar-refractivity contribution is 5.95. The zero-order valence-electron chi connectivity index (χ0n) is 17.6. The quantitative estimate of drug-likeness (QED) is 0.653. The Hall–Kier alpha value is -3.35. The number of hydrogen-bond acceptors (Lipinski definition) is 4. The van der Waals surface area contributed by atoms with Crippen LogP contribution in [0, 0.1) is 5.41 Å². The van der Waals surface area contributed by atoms with Crippen LogP contribution in [0.25, 0.3) is 0 Å². The van der Waals surface area contributed by atoms with Crippen molar-refractivity contribution >= 4 is 11.8 Å². The van der Waals surface area contributed by atoms with Crippen molar-refractivity contribution in [3.63, 3.8) is 0 Å². The molecule has 0 bridgehead atoms. The van der Waals surface area contributed by atoms with Gasteiger partial charge in [0.15, 0.2) is 0 Å². The average molecular weight is 418 g/mol. The number of rotatable bonds is 4. The second kappa shape index (κ2) is 7.72. The molecule has 0 unspecified atom stereocenters. The number of furan rings is 1. The summed E-state index contributed by atoms with van der Waals surface area (Å²) in [6, 6.07) is 13.7. The minimum atomic E-state index is -0.639. The van der Waals surface area contributed by atoms with Crippen molar-refractivity contribution in [2.24, 2.45) is 12.5 Å². The van der Waals surface area contributed by atoms with E-state index in [0.717, 1.165) is 30.6 Å². The Kier molecular flexibility index (Phi) is 4.88. The normalized spacial score (nSPS) is 23.6. The van der Waals surface area contributed by atoms with Gasteiger partial charge in [-0.05, 0) is 30.5 Å². The van der Waals surface area contributed by atoms with Crippen molar-refractivity contribution in [1.82, 2.24) is 19.6 Å². The number of piperidine rings is 1. The Labute approximate surface area is 181 Å². The van der Waals surface area contributed by atoms with Crippen LogP contribution in [0.15, 0.2) is 65.6 Å². The monoisotopic (exact) mass is 418 g/mol. The van der Waals surface area contributed by atoms with E-state index < -0.39 is 5.41 Å². The minimum absolute atomic E-state index is 0.0919. The third-order valence-corrected chi connectivity index (χ3v) is 6.79. The first kappa shape index (κ1) is 19.6. The lowest BCUT2D eigenvalue weighted by molar-refractivity contribution is -0.147. The molecule has 4 heterocycles. The first-order valence-corrected chi connectivity index (χ1v) is 10.7. The molecular weight excluding hydrogens is 392 g/mol. The Bertz CT molecular complexity index is 1080. The summed E-state index contributed by atoms with van der Waals surface area (Å²) in [6.45, 7) is 2.24. The summed E-state index contributed by atoms with van der Waals surface area (Å²) in [5.41, 5.74) is 2.00. The molecule has 7 nitrogen and oxygen atoms in total. The van der Waals surface area contributed by atoms with Crippen LogP contribution in [0.3, 0.4) is 0 Å². The van der Waals surface area contributed by atoms with Gasteiger partial charge in [-0.1, -0.05) is 30.3 Å². The highest BCUT2D eigenvalue weighted by atomic mass is 16.3. The van der Waals surface area contributed by atoms with Gasteiger partial charge < -0.3 is 14.2 Å². The molecular formula is C24H26N4O3. The van der Waals surface area contributed by atoms with E-state index in [-0.39, 0.29) is 17.7 Å². The van der Waals surface area contributed by atoms with E-state index >= 15 is 0 Å². The van der Waals surface area contributed by atoms with E-state index in [2.05, 4.69) is 17.2 Å². The third kappa shape index (κ3) is 3.34. The van der Waals surface area contributed by atoms with E-state index in [1.807, 2.05) is 45.8 Å². The van der Waals surface area contributed by atoms with Crippen LogP contribution >= 0.6 is 0 Å². The van der Waals surface area contributed by atoms with Crippen molar-refractivity contribution < 1.29 is 14.0 Å². The predicted octanol–water partition coefficient (Wildman–Crippen LogP) is 3.06. The molecule has 2 amide bonds. The van der Waals surface area contributed by atoms with E-state index in [9.17, 15) is 9.59 Å². The second-order valence-electron chi connectivity index (χ2n) is 8.60. The van der Waals surface area contributed by atoms with E-state index in [1.165, 1.54) is 12.5 Å². The van der Waals surface area contributed by atoms with E-state index in [4.69, 9.17) is 4.42 Å². The lowest BCUT2D eigenvalue weighted by Gasteiger charge is -2.42. The van der Waals surface area contributed by atoms with Gasteiger partial charge >= 0.3 is 0 Å². The molecule has 3 aromatic rings. The summed E-state index contributed by atoms with van der Waals surface area (Å²) in [5, 5.41) is 4.34. The zero-order valence-corrected chi connectivity index (χ0v) is 17.6. The Morgan fingerprint density at radius 3 is 2.77 bits per heavy atom. The molecule has 1 aromatic carbocycles. The summed E-state index contributed by atoms with van der Waals surface area (Å²) >= 11 is 0. The van der Waals surface area contributed by atoms with Crippen molar-refractivity contribution in [3.8, 4) is 0 Å². The maximum atomic E-state index is 14.0. The highest BCUT2D eigenvalue weighted by Gasteiger charge is 2.57. The van der Waals surface area contributed by atoms with Gasteiger partial charge in [-0.2, -0.15) is 5.10 Å². The maximum absolute atomic E-state index is 14.0. The van der Waals surface area contributed by atoms with Gasteiger partial charge in [0.25, 0.3) is 5.91 Å². The number of carbonyl (C=O) groups excluding carboxylic acids is 2. The Balaban J connectivity index is 1.49. The van der Waals surface area contributed by atoms with Crippen LogP contribution in [0.4, 0.5) is 0 Å². The van der Waals surface area contributed by atoms with Crippen LogP contribution in [0.2, 0.25) is 0 Å². The van der Waals surface area contributed by atoms with Crippen LogP contribution in [0.5, 0.6) is 0 Å². The van der Waals surface area contributed by atoms with Crippen LogP contribution in [0.1, 0.15) is 40.4 Å². The van der Waals surface area contributed by atoms with Crippen molar-refractivity contribution in [2.75, 3.05) is 19.6 Å². The fourth-order valence-electron chi connectivity index (χ4n) is 5.27. The van der Waals surface area contributed by atoms with Crippen LogP contribution in [-0.2, 0) is 18.4 Å². The van der Waals surface area contributed by atoms with Gasteiger partial charge in [-0.3, -0.25) is 14.3 Å². The fraction of sp³-hybridized carbons (Fsp3) is 0.375. The number of likely N-dealkylation sites (tertiary alicyclic amines) is 2. The maximum Gasteiger partial charge on any atom is 0.257 e. The molecule has 2 saturated heterocycles. The summed E-state index contributed by atoms with van der Waals surface area (Å²) in [6.07, 6.45) is 6.42. The van der Waals surface area contributed by atoms with Gasteiger partial charge in [0.2, 0.25) is 5.91 Å². The molecule has 2 aromatic heterocycles. The molecule has 7 heteroatoms. The SMILES string of the molecule is Cn1nccc1[C@@H]1CN(C(=O)c2ccoc2)C[C@]12CCCN(Cc1ccccc1)C2=O. The zero-order chi connectivity index (χ0) is 21.4. The number of aryl methyl sites for hydroxylation is 1. The summed E-state index contributed by atoms with van der Waals surface area (Å²) < 4.78 is 6.95. The first-order chi connectivity index (χ1) is 15.1. The smallest absolute Gasteiger partial charge is 0.257 e. The topological polar surface area (TPSA) is 71.6 Å². The molecule has 2 aliphatic heterocycles. The minimum Gasteiger partial charge on any atom is -0.472 e. The summed E-state index contributed by atoms with van der Waals surface area (Å²) in [7, 11) is 1.90. The molecule has 2 aliphatic rings. The van der Waals surface area contributed by atoms with Gasteiger partial charge in [-0.25, -0.2) is 0 Å². The molecule has 31 heavy (non-hydrogen) atoms. The average Bonchev–Trinajstić information content (AvgIpc) is 3.52. The standard InChI is InChI=1S/C24H26N4O3/c1-26-21(8-11-25-26)20-15-28(22(29)19-9-13-31-16-19)17-24(20)10-5-12-27(23(24)30)14-18-6-3-2-4-7-18/h2-4,6-9,11,13,16,20H,5,10,12,14-15,17H2,1H3/t20-,24+/m0/s1. The number of benzene rings is 1. The molecule has 0 aliphatic carbocycles. The molecule has 0 saturated carbocycles. The molecule has 1 spiro atoms. The summed E-state index contributed by atoms with van der Waals surface area (Å²) in [5.74, 6) is -0.0519. The van der Waals surface area contributed by atoms with Crippen molar-refractivity contribution in [2.45, 2.75) is 25.3 Å². The number of aromatic nitrogens is 2. The van der Waals surface area contributed by atoms with Crippen molar-refractivity contribution in [3.05, 3.63) is 78.0 Å². The largest absolute Gasteiger partial charge is 0.472 e. The molecule has 0 radical (unpaired) electrons. The van der Waals surface area contributed by atoms with Gasteiger partial charge in [-0.15, -0.1) is 0 Å². The number of nitrogens with zero attached hydrogens (tertiary/aromatic N) is 4. The predicted molar refractivity (Wildman–Crippen MR) is 114 cm³/mol. The Morgan fingerprint density at radius 1 is 1.23 bits per heavy atom. The van der Waals surface area contributed by atoms with E-state index in [1.54, 1.807) is 12.3 Å². The lowest BCUT2D eigenvalue weighted by atomic mass is 9.70. The second-order valence-corrected chi connectivity index (χ2v) is 8.60. The van der Waals surface area contributed by atoms with E-state index in [0.29, 0.717) is 25.2 Å². The molecule has 0 N–H and O–H groups in total. The molecule has 160 valence electrons. The Morgan fingerprint density at radius 2 is 2.06 bits per heavy atom. The van der Waals surface area contributed by atoms with Gasteiger partial charge in [0.1, 0.15) is 6.26 Å². The van der Waals surface area contributed by atoms with Crippen LogP contribution < -0.4 is 0 Å².